The van der Waals surface area contributed by atoms with E-state index >= 15 is 0 Å². The first kappa shape index (κ1) is 23.1. The molecule has 1 aliphatic heterocycles. The number of benzene rings is 3. The maximum absolute atomic E-state index is 6.86. The van der Waals surface area contributed by atoms with Crippen LogP contribution in [0.3, 0.4) is 0 Å². The quantitative estimate of drug-likeness (QED) is 0.221. The molecular formula is C33H36NO2+. The Bertz CT molecular complexity index is 1720. The third kappa shape index (κ3) is 3.36. The molecule has 3 heterocycles. The van der Waals surface area contributed by atoms with Crippen LogP contribution in [0, 0.1) is 19.3 Å². The molecule has 0 bridgehead atoms. The monoisotopic (exact) mass is 478 g/mol. The Kier molecular flexibility index (Phi) is 4.71. The molecule has 184 valence electrons. The number of hydrogen-bond acceptors (Lipinski definition) is 2. The third-order valence-electron chi connectivity index (χ3n) is 7.67. The normalized spacial score (nSPS) is 13.5. The number of fused-ring (bicyclic) bond motifs is 6. The molecule has 0 amide bonds. The van der Waals surface area contributed by atoms with Crippen molar-refractivity contribution in [1.82, 2.24) is 0 Å². The van der Waals surface area contributed by atoms with Crippen LogP contribution in [0.5, 0.6) is 11.5 Å². The van der Waals surface area contributed by atoms with Crippen molar-refractivity contribution in [2.75, 3.05) is 0 Å². The summed E-state index contributed by atoms with van der Waals surface area (Å²) in [5.41, 5.74) is 9.57. The molecule has 3 nitrogen and oxygen atoms in total. The first-order valence-corrected chi connectivity index (χ1v) is 13.0. The van der Waals surface area contributed by atoms with Gasteiger partial charge < -0.3 is 9.15 Å². The molecule has 0 unspecified atom stereocenters. The molecule has 5 aromatic rings. The molecule has 1 aliphatic rings. The lowest BCUT2D eigenvalue weighted by Crippen LogP contribution is -2.32. The SMILES string of the molecule is Cc1cc(C(C)(C)C)c2c(c1C)-c1c3c(cc4c5ccc(CC(C)(C)C)cc5oc4c3cc[n+]1C)O2. The lowest BCUT2D eigenvalue weighted by molar-refractivity contribution is -0.659. The molecule has 6 rings (SSSR count). The molecule has 0 N–H and O–H groups in total. The molecule has 0 radical (unpaired) electrons. The van der Waals surface area contributed by atoms with Crippen molar-refractivity contribution < 1.29 is 13.7 Å². The Morgan fingerprint density at radius 1 is 0.861 bits per heavy atom. The van der Waals surface area contributed by atoms with Gasteiger partial charge in [-0.25, -0.2) is 4.57 Å². The summed E-state index contributed by atoms with van der Waals surface area (Å²) in [6, 6.07) is 13.4. The van der Waals surface area contributed by atoms with Crippen LogP contribution in [0.4, 0.5) is 0 Å². The molecule has 0 saturated heterocycles. The fourth-order valence-corrected chi connectivity index (χ4v) is 5.85. The second-order valence-electron chi connectivity index (χ2n) is 12.9. The largest absolute Gasteiger partial charge is 0.455 e. The van der Waals surface area contributed by atoms with Crippen LogP contribution in [-0.4, -0.2) is 0 Å². The molecule has 0 spiro atoms. The summed E-state index contributed by atoms with van der Waals surface area (Å²) >= 11 is 0. The van der Waals surface area contributed by atoms with Gasteiger partial charge >= 0.3 is 0 Å². The number of nitrogens with zero attached hydrogens (tertiary/aromatic N) is 1. The number of aromatic nitrogens is 1. The number of furan rings is 1. The van der Waals surface area contributed by atoms with E-state index in [0.717, 1.165) is 50.6 Å². The molecular weight excluding hydrogens is 442 g/mol. The van der Waals surface area contributed by atoms with E-state index in [1.165, 1.54) is 33.5 Å². The van der Waals surface area contributed by atoms with Crippen molar-refractivity contribution in [3.05, 3.63) is 64.8 Å². The van der Waals surface area contributed by atoms with Gasteiger partial charge in [-0.05, 0) is 59.9 Å². The minimum Gasteiger partial charge on any atom is -0.455 e. The smallest absolute Gasteiger partial charge is 0.228 e. The standard InChI is InChI=1S/C33H36NO2/c1-18-14-24(33(6,7)8)31-27(19(18)2)29-28-22(12-13-34(29)9)30-23(16-26(28)36-31)21-11-10-20(15-25(21)35-30)17-32(3,4)5/h10-16H,17H2,1-9H3/q+1. The maximum Gasteiger partial charge on any atom is 0.228 e. The van der Waals surface area contributed by atoms with Gasteiger partial charge in [-0.15, -0.1) is 0 Å². The van der Waals surface area contributed by atoms with Gasteiger partial charge in [0.15, 0.2) is 6.20 Å². The highest BCUT2D eigenvalue weighted by Gasteiger charge is 2.35. The number of ether oxygens (including phenoxy) is 1. The van der Waals surface area contributed by atoms with Gasteiger partial charge in [-0.3, -0.25) is 0 Å². The Morgan fingerprint density at radius 3 is 2.31 bits per heavy atom. The highest BCUT2D eigenvalue weighted by atomic mass is 16.5. The lowest BCUT2D eigenvalue weighted by atomic mass is 9.81. The van der Waals surface area contributed by atoms with Crippen molar-refractivity contribution in [1.29, 1.82) is 0 Å². The van der Waals surface area contributed by atoms with E-state index in [-0.39, 0.29) is 10.8 Å². The predicted octanol–water partition coefficient (Wildman–Crippen LogP) is 8.84. The summed E-state index contributed by atoms with van der Waals surface area (Å²) in [5, 5.41) is 4.48. The van der Waals surface area contributed by atoms with Crippen molar-refractivity contribution in [2.24, 2.45) is 12.5 Å². The van der Waals surface area contributed by atoms with Gasteiger partial charge in [-0.1, -0.05) is 59.7 Å². The third-order valence-corrected chi connectivity index (χ3v) is 7.67. The van der Waals surface area contributed by atoms with Gasteiger partial charge in [0.1, 0.15) is 35.1 Å². The Balaban J connectivity index is 1.70. The van der Waals surface area contributed by atoms with E-state index in [1.807, 2.05) is 0 Å². The van der Waals surface area contributed by atoms with Gasteiger partial charge in [0.2, 0.25) is 5.69 Å². The topological polar surface area (TPSA) is 26.2 Å². The summed E-state index contributed by atoms with van der Waals surface area (Å²) in [6.45, 7) is 18.0. The van der Waals surface area contributed by atoms with E-state index in [4.69, 9.17) is 9.15 Å². The second-order valence-corrected chi connectivity index (χ2v) is 12.9. The zero-order chi connectivity index (χ0) is 25.7. The average Bonchev–Trinajstić information content (AvgIpc) is 3.13. The zero-order valence-electron chi connectivity index (χ0n) is 23.0. The Hall–Kier alpha value is -3.33. The van der Waals surface area contributed by atoms with Crippen LogP contribution in [-0.2, 0) is 18.9 Å². The molecule has 0 atom stereocenters. The first-order valence-electron chi connectivity index (χ1n) is 13.0. The summed E-state index contributed by atoms with van der Waals surface area (Å²) in [7, 11) is 2.13. The number of pyridine rings is 1. The summed E-state index contributed by atoms with van der Waals surface area (Å²) in [6.07, 6.45) is 3.17. The van der Waals surface area contributed by atoms with Crippen molar-refractivity contribution in [3.63, 3.8) is 0 Å². The van der Waals surface area contributed by atoms with Crippen LogP contribution in [0.1, 0.15) is 63.8 Å². The molecule has 36 heavy (non-hydrogen) atoms. The molecule has 3 heteroatoms. The second kappa shape index (κ2) is 7.35. The minimum absolute atomic E-state index is 0.0393. The fourth-order valence-electron chi connectivity index (χ4n) is 5.85. The van der Waals surface area contributed by atoms with Gasteiger partial charge in [-0.2, -0.15) is 0 Å². The van der Waals surface area contributed by atoms with Crippen molar-refractivity contribution in [3.8, 4) is 22.8 Å². The minimum atomic E-state index is -0.0393. The lowest BCUT2D eigenvalue weighted by Gasteiger charge is -2.29. The van der Waals surface area contributed by atoms with E-state index in [0.29, 0.717) is 0 Å². The van der Waals surface area contributed by atoms with Crippen molar-refractivity contribution >= 4 is 32.7 Å². The average molecular weight is 479 g/mol. The Labute approximate surface area is 213 Å². The molecule has 2 aromatic heterocycles. The van der Waals surface area contributed by atoms with Crippen LogP contribution >= 0.6 is 0 Å². The number of hydrogen-bond donors (Lipinski definition) is 0. The van der Waals surface area contributed by atoms with E-state index in [2.05, 4.69) is 110 Å². The molecule has 0 saturated carbocycles. The fraction of sp³-hybridized carbons (Fsp3) is 0.364. The van der Waals surface area contributed by atoms with Gasteiger partial charge in [0.05, 0.1) is 5.56 Å². The number of rotatable bonds is 1. The van der Waals surface area contributed by atoms with Gasteiger partial charge in [0.25, 0.3) is 0 Å². The van der Waals surface area contributed by atoms with E-state index in [1.54, 1.807) is 0 Å². The highest BCUT2D eigenvalue weighted by Crippen LogP contribution is 2.53. The van der Waals surface area contributed by atoms with E-state index in [9.17, 15) is 0 Å². The maximum atomic E-state index is 6.86. The van der Waals surface area contributed by atoms with Gasteiger partial charge in [0, 0.05) is 27.8 Å². The first-order chi connectivity index (χ1) is 16.8. The van der Waals surface area contributed by atoms with Crippen molar-refractivity contribution in [2.45, 2.75) is 67.2 Å². The predicted molar refractivity (Wildman–Crippen MR) is 149 cm³/mol. The summed E-state index contributed by atoms with van der Waals surface area (Å²) in [4.78, 5) is 0. The van der Waals surface area contributed by atoms with Crippen LogP contribution < -0.4 is 9.30 Å². The highest BCUT2D eigenvalue weighted by molar-refractivity contribution is 6.19. The van der Waals surface area contributed by atoms with E-state index < -0.39 is 0 Å². The van der Waals surface area contributed by atoms with Crippen LogP contribution in [0.2, 0.25) is 0 Å². The van der Waals surface area contributed by atoms with Crippen LogP contribution in [0.15, 0.2) is 47.0 Å². The number of aryl methyl sites for hydroxylation is 2. The summed E-state index contributed by atoms with van der Waals surface area (Å²) in [5.74, 6) is 1.90. The Morgan fingerprint density at radius 2 is 1.61 bits per heavy atom. The zero-order valence-corrected chi connectivity index (χ0v) is 23.0. The molecule has 0 fully saturated rings. The molecule has 3 aromatic carbocycles. The summed E-state index contributed by atoms with van der Waals surface area (Å²) < 4.78 is 15.7. The molecule has 0 aliphatic carbocycles. The van der Waals surface area contributed by atoms with Crippen LogP contribution in [0.25, 0.3) is 44.0 Å².